The number of carbonyl (C=O) groups is 5. The fourth-order valence-corrected chi connectivity index (χ4v) is 7.33. The van der Waals surface area contributed by atoms with Crippen LogP contribution in [0.5, 0.6) is 23.0 Å². The highest BCUT2D eigenvalue weighted by molar-refractivity contribution is 6.24. The second-order valence-corrected chi connectivity index (χ2v) is 12.6. The lowest BCUT2D eigenvalue weighted by Crippen LogP contribution is -2.46. The van der Waals surface area contributed by atoms with Gasteiger partial charge in [-0.15, -0.1) is 0 Å². The van der Waals surface area contributed by atoms with Crippen molar-refractivity contribution in [3.63, 3.8) is 0 Å². The zero-order chi connectivity index (χ0) is 35.6. The molecule has 6 aromatic carbocycles. The standard InChI is InChI=1S/C43H25NO8/c45-38-24-39(46)35-22-30(18-20-32(35)38)50-28-14-10-25(11-15-28)43(37-9-5-4-8-34(37)40(47)44(43)27-6-2-1-3-7-27)26-12-16-29(17-13-26)51-31-19-21-33-36(23-31)42(49)52-41(33)48/h1-23H,24H2. The lowest BCUT2D eigenvalue weighted by atomic mass is 9.76. The Balaban J connectivity index is 1.13. The monoisotopic (exact) mass is 683 g/mol. The lowest BCUT2D eigenvalue weighted by Gasteiger charge is -2.40. The van der Waals surface area contributed by atoms with E-state index in [4.69, 9.17) is 14.2 Å². The Hall–Kier alpha value is -7.13. The van der Waals surface area contributed by atoms with Gasteiger partial charge in [-0.2, -0.15) is 0 Å². The van der Waals surface area contributed by atoms with Gasteiger partial charge in [0.1, 0.15) is 28.5 Å². The van der Waals surface area contributed by atoms with Crippen LogP contribution in [0.3, 0.4) is 0 Å². The summed E-state index contributed by atoms with van der Waals surface area (Å²) in [5, 5.41) is 0. The highest BCUT2D eigenvalue weighted by Crippen LogP contribution is 2.51. The molecule has 0 aromatic heterocycles. The van der Waals surface area contributed by atoms with Crippen molar-refractivity contribution in [3.05, 3.63) is 184 Å². The van der Waals surface area contributed by atoms with Crippen molar-refractivity contribution in [2.24, 2.45) is 0 Å². The van der Waals surface area contributed by atoms with Crippen molar-refractivity contribution >= 4 is 35.1 Å². The molecule has 0 bridgehead atoms. The Labute approximate surface area is 296 Å². The average molecular weight is 684 g/mol. The third kappa shape index (κ3) is 4.74. The normalized spacial score (nSPS) is 17.2. The first-order valence-corrected chi connectivity index (χ1v) is 16.5. The number of fused-ring (bicyclic) bond motifs is 3. The molecular weight excluding hydrogens is 658 g/mol. The van der Waals surface area contributed by atoms with Gasteiger partial charge in [-0.3, -0.25) is 19.3 Å². The van der Waals surface area contributed by atoms with E-state index in [9.17, 15) is 24.0 Å². The predicted octanol–water partition coefficient (Wildman–Crippen LogP) is 8.30. The van der Waals surface area contributed by atoms with Crippen LogP contribution in [0, 0.1) is 0 Å². The van der Waals surface area contributed by atoms with Gasteiger partial charge in [0, 0.05) is 22.4 Å². The molecule has 9 nitrogen and oxygen atoms in total. The van der Waals surface area contributed by atoms with Crippen LogP contribution >= 0.6 is 0 Å². The van der Waals surface area contributed by atoms with Gasteiger partial charge in [0.15, 0.2) is 11.6 Å². The maximum absolute atomic E-state index is 14.4. The molecule has 0 saturated carbocycles. The van der Waals surface area contributed by atoms with Crippen LogP contribution in [0.2, 0.25) is 0 Å². The zero-order valence-electron chi connectivity index (χ0n) is 27.2. The minimum absolute atomic E-state index is 0.132. The van der Waals surface area contributed by atoms with Crippen LogP contribution < -0.4 is 14.4 Å². The number of benzene rings is 6. The molecule has 0 radical (unpaired) electrons. The van der Waals surface area contributed by atoms with E-state index >= 15 is 0 Å². The van der Waals surface area contributed by atoms with Crippen LogP contribution in [0.4, 0.5) is 5.69 Å². The van der Waals surface area contributed by atoms with E-state index in [1.807, 2.05) is 91.0 Å². The van der Waals surface area contributed by atoms with E-state index in [0.717, 1.165) is 16.7 Å². The minimum atomic E-state index is -1.12. The molecular formula is C43H25NO8. The Bertz CT molecular complexity index is 2380. The van der Waals surface area contributed by atoms with Crippen molar-refractivity contribution in [2.75, 3.05) is 4.90 Å². The number of hydrogen-bond donors (Lipinski definition) is 0. The first kappa shape index (κ1) is 30.9. The van der Waals surface area contributed by atoms with E-state index in [-0.39, 0.29) is 35.0 Å². The van der Waals surface area contributed by atoms with Gasteiger partial charge < -0.3 is 14.2 Å². The van der Waals surface area contributed by atoms with Crippen molar-refractivity contribution in [3.8, 4) is 23.0 Å². The van der Waals surface area contributed by atoms with Crippen molar-refractivity contribution in [1.29, 1.82) is 0 Å². The predicted molar refractivity (Wildman–Crippen MR) is 189 cm³/mol. The molecule has 250 valence electrons. The Morgan fingerprint density at radius 3 is 1.65 bits per heavy atom. The second-order valence-electron chi connectivity index (χ2n) is 12.6. The van der Waals surface area contributed by atoms with Gasteiger partial charge in [-0.25, -0.2) is 9.59 Å². The molecule has 2 heterocycles. The molecule has 6 aromatic rings. The van der Waals surface area contributed by atoms with E-state index in [2.05, 4.69) is 0 Å². The summed E-state index contributed by atoms with van der Waals surface area (Å²) in [5.74, 6) is -0.229. The summed E-state index contributed by atoms with van der Waals surface area (Å²) >= 11 is 0. The molecule has 0 N–H and O–H groups in total. The van der Waals surface area contributed by atoms with Gasteiger partial charge in [0.25, 0.3) is 5.91 Å². The van der Waals surface area contributed by atoms with E-state index < -0.39 is 17.5 Å². The number of ketones is 2. The number of nitrogens with zero attached hydrogens (tertiary/aromatic N) is 1. The highest BCUT2D eigenvalue weighted by atomic mass is 16.6. The molecule has 0 spiro atoms. The van der Waals surface area contributed by atoms with E-state index in [1.165, 1.54) is 12.1 Å². The average Bonchev–Trinajstić information content (AvgIpc) is 3.73. The first-order valence-electron chi connectivity index (χ1n) is 16.5. The van der Waals surface area contributed by atoms with Gasteiger partial charge in [-0.05, 0) is 95.6 Å². The molecule has 1 aliphatic carbocycles. The van der Waals surface area contributed by atoms with Crippen LogP contribution in [0.25, 0.3) is 0 Å². The molecule has 0 fully saturated rings. The number of amides is 1. The summed E-state index contributed by atoms with van der Waals surface area (Å²) in [6.45, 7) is 0. The molecule has 1 unspecified atom stereocenters. The quantitative estimate of drug-likeness (QED) is 0.122. The van der Waals surface area contributed by atoms with Crippen molar-refractivity contribution in [2.45, 2.75) is 12.0 Å². The number of hydrogen-bond acceptors (Lipinski definition) is 8. The fraction of sp³-hybridized carbons (Fsp3) is 0.0465. The van der Waals surface area contributed by atoms with E-state index in [0.29, 0.717) is 45.4 Å². The van der Waals surface area contributed by atoms with Crippen LogP contribution in [-0.4, -0.2) is 29.4 Å². The van der Waals surface area contributed by atoms with Gasteiger partial charge in [0.05, 0.1) is 17.5 Å². The van der Waals surface area contributed by atoms with Crippen molar-refractivity contribution in [1.82, 2.24) is 0 Å². The second kappa shape index (κ2) is 11.7. The summed E-state index contributed by atoms with van der Waals surface area (Å²) in [4.78, 5) is 64.8. The summed E-state index contributed by atoms with van der Waals surface area (Å²) < 4.78 is 17.0. The molecule has 1 atom stereocenters. The first-order chi connectivity index (χ1) is 25.3. The molecule has 0 saturated heterocycles. The van der Waals surface area contributed by atoms with Crippen LogP contribution in [0.1, 0.15) is 74.9 Å². The Kier molecular flexibility index (Phi) is 6.98. The summed E-state index contributed by atoms with van der Waals surface area (Å²) in [6, 6.07) is 41.3. The number of para-hydroxylation sites is 1. The molecule has 1 amide bonds. The Morgan fingerprint density at radius 2 is 1.00 bits per heavy atom. The minimum Gasteiger partial charge on any atom is -0.457 e. The molecule has 9 heteroatoms. The van der Waals surface area contributed by atoms with Crippen LogP contribution in [-0.2, 0) is 10.3 Å². The highest BCUT2D eigenvalue weighted by Gasteiger charge is 2.52. The number of anilines is 1. The SMILES string of the molecule is O=C1CC(=O)c2cc(Oc3ccc(C4(c5ccc(Oc6ccc7c(c6)C(=O)OC7=O)cc5)c5ccccc5C(=O)N4c4ccccc4)cc3)ccc21. The third-order valence-electron chi connectivity index (χ3n) is 9.64. The zero-order valence-corrected chi connectivity index (χ0v) is 27.2. The lowest BCUT2D eigenvalue weighted by molar-refractivity contribution is 0.0442. The number of esters is 2. The molecule has 3 aliphatic rings. The third-order valence-corrected chi connectivity index (χ3v) is 9.64. The van der Waals surface area contributed by atoms with Gasteiger partial charge in [0.2, 0.25) is 0 Å². The smallest absolute Gasteiger partial charge is 0.347 e. The Morgan fingerprint density at radius 1 is 0.481 bits per heavy atom. The van der Waals surface area contributed by atoms with Crippen LogP contribution in [0.15, 0.2) is 140 Å². The maximum Gasteiger partial charge on any atom is 0.347 e. The summed E-state index contributed by atoms with van der Waals surface area (Å²) in [7, 11) is 0. The maximum atomic E-state index is 14.4. The largest absolute Gasteiger partial charge is 0.457 e. The number of carbonyl (C=O) groups excluding carboxylic acids is 5. The number of ether oxygens (including phenoxy) is 3. The van der Waals surface area contributed by atoms with Crippen molar-refractivity contribution < 1.29 is 38.2 Å². The molecule has 2 aliphatic heterocycles. The van der Waals surface area contributed by atoms with Gasteiger partial charge >= 0.3 is 11.9 Å². The topological polar surface area (TPSA) is 116 Å². The number of Topliss-reactive ketones (excluding diaryl/α,β-unsaturated/α-hetero) is 2. The fourth-order valence-electron chi connectivity index (χ4n) is 7.33. The van der Waals surface area contributed by atoms with E-state index in [1.54, 1.807) is 41.3 Å². The van der Waals surface area contributed by atoms with Gasteiger partial charge in [-0.1, -0.05) is 60.7 Å². The summed E-state index contributed by atoms with van der Waals surface area (Å²) in [5.41, 5.74) is 3.58. The number of cyclic esters (lactones) is 2. The number of rotatable bonds is 7. The molecule has 9 rings (SSSR count). The summed E-state index contributed by atoms with van der Waals surface area (Å²) in [6.07, 6.45) is -0.132. The molecule has 52 heavy (non-hydrogen) atoms.